The third-order valence-corrected chi connectivity index (χ3v) is 2.76. The average Bonchev–Trinajstić information content (AvgIpc) is 2.35. The maximum atomic E-state index is 11.2. The normalized spacial score (nSPS) is 10.1. The summed E-state index contributed by atoms with van der Waals surface area (Å²) in [6.07, 6.45) is 0.631. The molecule has 17 heavy (non-hydrogen) atoms. The maximum Gasteiger partial charge on any atom is 0.248 e. The van der Waals surface area contributed by atoms with Crippen LogP contribution in [0, 0.1) is 0 Å². The van der Waals surface area contributed by atoms with Crippen molar-refractivity contribution in [1.29, 1.82) is 0 Å². The first-order valence-corrected chi connectivity index (χ1v) is 5.63. The molecule has 1 aromatic rings. The smallest absolute Gasteiger partial charge is 0.248 e. The number of hydrogen-bond acceptors (Lipinski definition) is 3. The Balaban J connectivity index is 2.68. The Morgan fingerprint density at radius 1 is 1.53 bits per heavy atom. The van der Waals surface area contributed by atoms with Crippen molar-refractivity contribution in [2.24, 2.45) is 0 Å². The van der Waals surface area contributed by atoms with Crippen molar-refractivity contribution in [3.63, 3.8) is 0 Å². The van der Waals surface area contributed by atoms with Crippen molar-refractivity contribution in [2.45, 2.75) is 6.42 Å². The van der Waals surface area contributed by atoms with Crippen LogP contribution in [0.5, 0.6) is 5.75 Å². The number of amides is 1. The zero-order chi connectivity index (χ0) is 12.8. The highest BCUT2D eigenvalue weighted by molar-refractivity contribution is 6.30. The number of ether oxygens (including phenoxy) is 1. The van der Waals surface area contributed by atoms with E-state index in [9.17, 15) is 4.79 Å². The van der Waals surface area contributed by atoms with E-state index in [1.807, 2.05) is 6.07 Å². The molecule has 0 atom stereocenters. The zero-order valence-corrected chi connectivity index (χ0v) is 10.7. The number of rotatable bonds is 5. The van der Waals surface area contributed by atoms with E-state index in [1.54, 1.807) is 26.3 Å². The second-order valence-corrected chi connectivity index (χ2v) is 4.12. The molecule has 0 aliphatic rings. The quantitative estimate of drug-likeness (QED) is 0.866. The van der Waals surface area contributed by atoms with Gasteiger partial charge in [0.05, 0.1) is 7.11 Å². The Bertz CT molecular complexity index is 395. The van der Waals surface area contributed by atoms with Gasteiger partial charge in [-0.1, -0.05) is 11.6 Å². The molecule has 0 bridgehead atoms. The van der Waals surface area contributed by atoms with E-state index in [1.165, 1.54) is 4.90 Å². The average molecular weight is 258 g/mol. The van der Waals surface area contributed by atoms with Gasteiger partial charge < -0.3 is 14.7 Å². The third-order valence-electron chi connectivity index (χ3n) is 2.52. The molecule has 0 fully saturated rings. The van der Waals surface area contributed by atoms with Gasteiger partial charge in [-0.15, -0.1) is 0 Å². The van der Waals surface area contributed by atoms with E-state index in [0.717, 1.165) is 11.3 Å². The van der Waals surface area contributed by atoms with E-state index in [2.05, 4.69) is 0 Å². The maximum absolute atomic E-state index is 11.2. The highest BCUT2D eigenvalue weighted by Gasteiger charge is 2.09. The van der Waals surface area contributed by atoms with Crippen LogP contribution in [0.2, 0.25) is 5.02 Å². The molecular weight excluding hydrogens is 242 g/mol. The number of hydrogen-bond donors (Lipinski definition) is 1. The van der Waals surface area contributed by atoms with Gasteiger partial charge in [-0.25, -0.2) is 0 Å². The van der Waals surface area contributed by atoms with Crippen LogP contribution in [0.4, 0.5) is 0 Å². The molecule has 1 amide bonds. The predicted octanol–water partition coefficient (Wildman–Crippen LogP) is 1.34. The van der Waals surface area contributed by atoms with Gasteiger partial charge in [0.25, 0.3) is 0 Å². The second-order valence-electron chi connectivity index (χ2n) is 3.68. The molecule has 0 unspecified atom stereocenters. The lowest BCUT2D eigenvalue weighted by Crippen LogP contribution is -2.31. The van der Waals surface area contributed by atoms with Gasteiger partial charge in [-0.05, 0) is 30.2 Å². The van der Waals surface area contributed by atoms with Crippen LogP contribution in [0.1, 0.15) is 5.56 Å². The minimum absolute atomic E-state index is 0.300. The van der Waals surface area contributed by atoms with Crippen molar-refractivity contribution < 1.29 is 14.6 Å². The van der Waals surface area contributed by atoms with Gasteiger partial charge >= 0.3 is 0 Å². The molecule has 4 nitrogen and oxygen atoms in total. The van der Waals surface area contributed by atoms with Gasteiger partial charge in [0.15, 0.2) is 0 Å². The predicted molar refractivity (Wildman–Crippen MR) is 66.4 cm³/mol. The number of nitrogens with zero attached hydrogens (tertiary/aromatic N) is 1. The molecule has 0 aromatic heterocycles. The molecule has 0 saturated carbocycles. The molecule has 0 heterocycles. The Morgan fingerprint density at radius 2 is 2.24 bits per heavy atom. The van der Waals surface area contributed by atoms with Crippen LogP contribution in [0.15, 0.2) is 18.2 Å². The van der Waals surface area contributed by atoms with Gasteiger partial charge in [0, 0.05) is 18.6 Å². The molecular formula is C12H16ClNO3. The number of carbonyl (C=O) groups excluding carboxylic acids is 1. The Morgan fingerprint density at radius 3 is 2.82 bits per heavy atom. The summed E-state index contributed by atoms with van der Waals surface area (Å²) in [6, 6.07) is 5.37. The molecule has 0 aliphatic carbocycles. The van der Waals surface area contributed by atoms with Gasteiger partial charge in [0.1, 0.15) is 12.4 Å². The molecule has 1 aromatic carbocycles. The van der Waals surface area contributed by atoms with Crippen molar-refractivity contribution >= 4 is 17.5 Å². The second kappa shape index (κ2) is 6.47. The number of likely N-dealkylation sites (N-methyl/N-ethyl adjacent to an activating group) is 1. The van der Waals surface area contributed by atoms with Crippen LogP contribution in [0.3, 0.4) is 0 Å². The summed E-state index contributed by atoms with van der Waals surface area (Å²) >= 11 is 5.90. The minimum atomic E-state index is -0.469. The molecule has 0 aliphatic heterocycles. The molecule has 5 heteroatoms. The van der Waals surface area contributed by atoms with Gasteiger partial charge in [-0.2, -0.15) is 0 Å². The topological polar surface area (TPSA) is 49.8 Å². The summed E-state index contributed by atoms with van der Waals surface area (Å²) in [6.45, 7) is 0.0409. The van der Waals surface area contributed by atoms with Crippen molar-refractivity contribution in [3.05, 3.63) is 28.8 Å². The summed E-state index contributed by atoms with van der Waals surface area (Å²) in [7, 11) is 3.24. The number of carbonyl (C=O) groups is 1. The first-order chi connectivity index (χ1) is 8.08. The summed E-state index contributed by atoms with van der Waals surface area (Å²) in [5.41, 5.74) is 0.942. The minimum Gasteiger partial charge on any atom is -0.496 e. The fraction of sp³-hybridized carbons (Fsp3) is 0.417. The lowest BCUT2D eigenvalue weighted by Gasteiger charge is -2.16. The molecule has 1 N–H and O–H groups in total. The van der Waals surface area contributed by atoms with Crippen molar-refractivity contribution in [3.8, 4) is 5.75 Å². The SMILES string of the molecule is COc1ccc(Cl)cc1CCN(C)C(=O)CO. The van der Waals surface area contributed by atoms with Crippen molar-refractivity contribution in [2.75, 3.05) is 27.3 Å². The molecule has 0 radical (unpaired) electrons. The van der Waals surface area contributed by atoms with Crippen LogP contribution < -0.4 is 4.74 Å². The van der Waals surface area contributed by atoms with E-state index in [4.69, 9.17) is 21.4 Å². The van der Waals surface area contributed by atoms with E-state index < -0.39 is 6.61 Å². The van der Waals surface area contributed by atoms with E-state index >= 15 is 0 Å². The summed E-state index contributed by atoms with van der Waals surface area (Å²) < 4.78 is 5.21. The largest absolute Gasteiger partial charge is 0.496 e. The highest BCUT2D eigenvalue weighted by atomic mass is 35.5. The molecule has 1 rings (SSSR count). The zero-order valence-electron chi connectivity index (χ0n) is 9.94. The summed E-state index contributed by atoms with van der Waals surface area (Å²) in [5.74, 6) is 0.449. The number of benzene rings is 1. The van der Waals surface area contributed by atoms with Gasteiger partial charge in [0.2, 0.25) is 5.91 Å². The Labute approximate surface area is 106 Å². The lowest BCUT2D eigenvalue weighted by atomic mass is 10.1. The van der Waals surface area contributed by atoms with Crippen LogP contribution >= 0.6 is 11.6 Å². The van der Waals surface area contributed by atoms with Gasteiger partial charge in [-0.3, -0.25) is 4.79 Å². The van der Waals surface area contributed by atoms with Crippen LogP contribution in [0.25, 0.3) is 0 Å². The Hall–Kier alpha value is -1.26. The fourth-order valence-electron chi connectivity index (χ4n) is 1.48. The summed E-state index contributed by atoms with van der Waals surface area (Å²) in [5, 5.41) is 9.35. The lowest BCUT2D eigenvalue weighted by molar-refractivity contribution is -0.132. The van der Waals surface area contributed by atoms with E-state index in [-0.39, 0.29) is 5.91 Å². The molecule has 94 valence electrons. The summed E-state index contributed by atoms with van der Waals surface area (Å²) in [4.78, 5) is 12.6. The third kappa shape index (κ3) is 3.91. The first-order valence-electron chi connectivity index (χ1n) is 5.25. The van der Waals surface area contributed by atoms with Crippen molar-refractivity contribution in [1.82, 2.24) is 4.90 Å². The number of aliphatic hydroxyl groups is 1. The number of aliphatic hydroxyl groups excluding tert-OH is 1. The highest BCUT2D eigenvalue weighted by Crippen LogP contribution is 2.23. The monoisotopic (exact) mass is 257 g/mol. The number of halogens is 1. The molecule has 0 saturated heterocycles. The van der Waals surface area contributed by atoms with Crippen LogP contribution in [-0.2, 0) is 11.2 Å². The molecule has 0 spiro atoms. The fourth-order valence-corrected chi connectivity index (χ4v) is 1.67. The number of methoxy groups -OCH3 is 1. The first kappa shape index (κ1) is 13.8. The van der Waals surface area contributed by atoms with E-state index in [0.29, 0.717) is 18.0 Å². The standard InChI is InChI=1S/C12H16ClNO3/c1-14(12(16)8-15)6-5-9-7-10(13)3-4-11(9)17-2/h3-4,7,15H,5-6,8H2,1-2H3. The Kier molecular flexibility index (Phi) is 5.25. The van der Waals surface area contributed by atoms with Crippen LogP contribution in [-0.4, -0.2) is 43.2 Å².